The van der Waals surface area contributed by atoms with Crippen molar-refractivity contribution in [2.24, 2.45) is 5.92 Å². The minimum Gasteiger partial charge on any atom is -0.493 e. The molecule has 6 heteroatoms. The lowest BCUT2D eigenvalue weighted by Crippen LogP contribution is -2.30. The molecule has 0 spiro atoms. The van der Waals surface area contributed by atoms with Gasteiger partial charge in [-0.05, 0) is 43.0 Å². The third-order valence-electron chi connectivity index (χ3n) is 3.54. The van der Waals surface area contributed by atoms with Crippen LogP contribution in [0.25, 0.3) is 0 Å². The van der Waals surface area contributed by atoms with Gasteiger partial charge in [0.05, 0.1) is 19.0 Å². The first kappa shape index (κ1) is 18.6. The largest absolute Gasteiger partial charge is 0.493 e. The number of benzene rings is 1. The second kappa shape index (κ2) is 8.92. The second-order valence-corrected chi connectivity index (χ2v) is 6.20. The molecule has 0 aliphatic rings. The molecule has 134 valence electrons. The molecule has 0 aliphatic heterocycles. The van der Waals surface area contributed by atoms with Crippen LogP contribution in [0.3, 0.4) is 0 Å². The highest BCUT2D eigenvalue weighted by Gasteiger charge is 2.07. The third kappa shape index (κ3) is 5.99. The quantitative estimate of drug-likeness (QED) is 0.783. The molecule has 25 heavy (non-hydrogen) atoms. The van der Waals surface area contributed by atoms with Gasteiger partial charge in [0, 0.05) is 12.6 Å². The Morgan fingerprint density at radius 2 is 2.00 bits per heavy atom. The molecule has 0 radical (unpaired) electrons. The number of nitrogens with one attached hydrogen (secondary N) is 2. The number of carbonyl (C=O) groups is 1. The summed E-state index contributed by atoms with van der Waals surface area (Å²) in [6, 6.07) is 8.87. The molecule has 2 aromatic rings. The van der Waals surface area contributed by atoms with Gasteiger partial charge in [-0.1, -0.05) is 19.9 Å². The minimum atomic E-state index is -0.240. The van der Waals surface area contributed by atoms with Crippen LogP contribution in [-0.4, -0.2) is 24.7 Å². The van der Waals surface area contributed by atoms with E-state index in [9.17, 15) is 4.79 Å². The van der Waals surface area contributed by atoms with Crippen molar-refractivity contribution < 1.29 is 14.3 Å². The number of aromatic nitrogens is 1. The first-order chi connectivity index (χ1) is 12.0. The first-order valence-corrected chi connectivity index (χ1v) is 8.31. The number of methoxy groups -OCH3 is 1. The average Bonchev–Trinajstić information content (AvgIpc) is 2.57. The van der Waals surface area contributed by atoms with Crippen LogP contribution < -0.4 is 20.1 Å². The van der Waals surface area contributed by atoms with E-state index in [4.69, 9.17) is 9.47 Å². The second-order valence-electron chi connectivity index (χ2n) is 6.20. The molecule has 0 atom stereocenters. The van der Waals surface area contributed by atoms with Crippen LogP contribution in [0.4, 0.5) is 10.5 Å². The van der Waals surface area contributed by atoms with Crippen molar-refractivity contribution in [1.29, 1.82) is 0 Å². The highest BCUT2D eigenvalue weighted by molar-refractivity contribution is 5.88. The van der Waals surface area contributed by atoms with Crippen molar-refractivity contribution >= 4 is 11.7 Å². The number of nitrogens with zero attached hydrogens (tertiary/aromatic N) is 1. The van der Waals surface area contributed by atoms with Crippen LogP contribution in [0.1, 0.15) is 25.8 Å². The van der Waals surface area contributed by atoms with Crippen molar-refractivity contribution in [2.75, 3.05) is 19.0 Å². The lowest BCUT2D eigenvalue weighted by atomic mass is 10.1. The molecule has 0 bridgehead atoms. The summed E-state index contributed by atoms with van der Waals surface area (Å²) in [7, 11) is 1.60. The number of pyridine rings is 1. The molecule has 2 N–H and O–H groups in total. The van der Waals surface area contributed by atoms with E-state index in [0.717, 1.165) is 12.0 Å². The topological polar surface area (TPSA) is 72.5 Å². The number of hydrogen-bond donors (Lipinski definition) is 2. The van der Waals surface area contributed by atoms with Crippen molar-refractivity contribution in [3.63, 3.8) is 0 Å². The van der Waals surface area contributed by atoms with Gasteiger partial charge in [0.15, 0.2) is 11.5 Å². The molecular formula is C19H25N3O3. The Labute approximate surface area is 148 Å². The van der Waals surface area contributed by atoms with Crippen LogP contribution in [0.15, 0.2) is 36.5 Å². The van der Waals surface area contributed by atoms with Gasteiger partial charge in [0.1, 0.15) is 0 Å². The predicted octanol–water partition coefficient (Wildman–Crippen LogP) is 4.36. The molecule has 2 rings (SSSR count). The van der Waals surface area contributed by atoms with Gasteiger partial charge in [0.2, 0.25) is 5.88 Å². The van der Waals surface area contributed by atoms with Crippen molar-refractivity contribution in [1.82, 2.24) is 10.3 Å². The molecule has 1 heterocycles. The number of carbonyl (C=O) groups excluding carboxylic acids is 1. The summed E-state index contributed by atoms with van der Waals surface area (Å²) >= 11 is 0. The Morgan fingerprint density at radius 3 is 2.64 bits per heavy atom. The summed E-state index contributed by atoms with van der Waals surface area (Å²) in [5.41, 5.74) is 1.69. The fourth-order valence-electron chi connectivity index (χ4n) is 2.14. The van der Waals surface area contributed by atoms with Crippen LogP contribution in [0.2, 0.25) is 0 Å². The predicted molar refractivity (Wildman–Crippen MR) is 98.5 cm³/mol. The maximum absolute atomic E-state index is 11.8. The van der Waals surface area contributed by atoms with Crippen LogP contribution in [0, 0.1) is 12.8 Å². The molecule has 1 aromatic carbocycles. The van der Waals surface area contributed by atoms with E-state index in [1.807, 2.05) is 25.1 Å². The zero-order valence-electron chi connectivity index (χ0n) is 15.1. The third-order valence-corrected chi connectivity index (χ3v) is 3.54. The molecular weight excluding hydrogens is 318 g/mol. The number of rotatable bonds is 7. The molecule has 0 unspecified atom stereocenters. The van der Waals surface area contributed by atoms with Gasteiger partial charge >= 0.3 is 6.03 Å². The summed E-state index contributed by atoms with van der Waals surface area (Å²) in [5.74, 6) is 2.21. The molecule has 6 nitrogen and oxygen atoms in total. The number of aryl methyl sites for hydroxylation is 1. The molecule has 2 amide bonds. The van der Waals surface area contributed by atoms with Crippen molar-refractivity contribution in [3.05, 3.63) is 42.1 Å². The molecule has 0 fully saturated rings. The van der Waals surface area contributed by atoms with Gasteiger partial charge in [-0.3, -0.25) is 0 Å². The molecule has 0 aliphatic carbocycles. The summed E-state index contributed by atoms with van der Waals surface area (Å²) < 4.78 is 11.1. The monoisotopic (exact) mass is 343 g/mol. The lowest BCUT2D eigenvalue weighted by molar-refractivity contribution is 0.251. The van der Waals surface area contributed by atoms with Gasteiger partial charge in [-0.15, -0.1) is 0 Å². The molecule has 0 saturated carbocycles. The van der Waals surface area contributed by atoms with E-state index in [2.05, 4.69) is 29.5 Å². The van der Waals surface area contributed by atoms with Crippen LogP contribution >= 0.6 is 0 Å². The fourth-order valence-corrected chi connectivity index (χ4v) is 2.14. The SMILES string of the molecule is COc1cc(C)ccc1Oc1ccc(NC(=O)NCCC(C)C)cn1. The molecule has 0 saturated heterocycles. The zero-order valence-corrected chi connectivity index (χ0v) is 15.1. The number of ether oxygens (including phenoxy) is 2. The number of hydrogen-bond acceptors (Lipinski definition) is 4. The number of amides is 2. The Bertz CT molecular complexity index is 700. The maximum Gasteiger partial charge on any atom is 0.319 e. The van der Waals surface area contributed by atoms with E-state index < -0.39 is 0 Å². The maximum atomic E-state index is 11.8. The van der Waals surface area contributed by atoms with Gasteiger partial charge in [0.25, 0.3) is 0 Å². The first-order valence-electron chi connectivity index (χ1n) is 8.31. The summed E-state index contributed by atoms with van der Waals surface area (Å²) in [4.78, 5) is 16.0. The molecule has 1 aromatic heterocycles. The number of anilines is 1. The van der Waals surface area contributed by atoms with E-state index in [1.54, 1.807) is 25.4 Å². The zero-order chi connectivity index (χ0) is 18.2. The van der Waals surface area contributed by atoms with E-state index in [1.165, 1.54) is 0 Å². The summed E-state index contributed by atoms with van der Waals surface area (Å²) in [5, 5.41) is 5.56. The Kier molecular flexibility index (Phi) is 6.62. The van der Waals surface area contributed by atoms with Crippen LogP contribution in [0.5, 0.6) is 17.4 Å². The highest BCUT2D eigenvalue weighted by Crippen LogP contribution is 2.31. The van der Waals surface area contributed by atoms with Gasteiger partial charge in [-0.2, -0.15) is 0 Å². The normalized spacial score (nSPS) is 10.4. The minimum absolute atomic E-state index is 0.240. The van der Waals surface area contributed by atoms with Gasteiger partial charge < -0.3 is 20.1 Å². The van der Waals surface area contributed by atoms with E-state index in [-0.39, 0.29) is 6.03 Å². The lowest BCUT2D eigenvalue weighted by Gasteiger charge is -2.11. The smallest absolute Gasteiger partial charge is 0.319 e. The highest BCUT2D eigenvalue weighted by atomic mass is 16.5. The van der Waals surface area contributed by atoms with Gasteiger partial charge in [-0.25, -0.2) is 9.78 Å². The average molecular weight is 343 g/mol. The Balaban J connectivity index is 1.93. The summed E-state index contributed by atoms with van der Waals surface area (Å²) in [6.07, 6.45) is 2.49. The Morgan fingerprint density at radius 1 is 1.20 bits per heavy atom. The standard InChI is InChI=1S/C19H25N3O3/c1-13(2)9-10-20-19(23)22-15-6-8-18(21-12-15)25-16-7-5-14(3)11-17(16)24-4/h5-8,11-13H,9-10H2,1-4H3,(H2,20,22,23). The van der Waals surface area contributed by atoms with Crippen LogP contribution in [-0.2, 0) is 0 Å². The Hall–Kier alpha value is -2.76. The van der Waals surface area contributed by atoms with Crippen molar-refractivity contribution in [2.45, 2.75) is 27.2 Å². The van der Waals surface area contributed by atoms with E-state index in [0.29, 0.717) is 35.5 Å². The summed E-state index contributed by atoms with van der Waals surface area (Å²) in [6.45, 7) is 6.86. The van der Waals surface area contributed by atoms with E-state index >= 15 is 0 Å². The number of urea groups is 1. The fraction of sp³-hybridized carbons (Fsp3) is 0.368. The van der Waals surface area contributed by atoms with Crippen molar-refractivity contribution in [3.8, 4) is 17.4 Å².